The van der Waals surface area contributed by atoms with Gasteiger partial charge >= 0.3 is 0 Å². The molecule has 13 heavy (non-hydrogen) atoms. The molecular weight excluding hydrogens is 174 g/mol. The van der Waals surface area contributed by atoms with Crippen LogP contribution in [0.5, 0.6) is 0 Å². The molecule has 4 heteroatoms. The van der Waals surface area contributed by atoms with Gasteiger partial charge < -0.3 is 0 Å². The van der Waals surface area contributed by atoms with E-state index in [1.54, 1.807) is 0 Å². The fourth-order valence-corrected chi connectivity index (χ4v) is 1.91. The normalized spacial score (nSPS) is 31.2. The molecule has 0 aromatic rings. The van der Waals surface area contributed by atoms with Crippen molar-refractivity contribution in [2.75, 3.05) is 6.54 Å². The number of hydrazine groups is 1. The number of rotatable bonds is 3. The fourth-order valence-electron chi connectivity index (χ4n) is 1.91. The number of hydrogen-bond acceptors (Lipinski definition) is 2. The van der Waals surface area contributed by atoms with Crippen molar-refractivity contribution < 1.29 is 8.78 Å². The van der Waals surface area contributed by atoms with E-state index in [1.165, 1.54) is 6.42 Å². The molecule has 0 aromatic carbocycles. The molecule has 78 valence electrons. The maximum absolute atomic E-state index is 12.0. The highest BCUT2D eigenvalue weighted by atomic mass is 19.3. The minimum absolute atomic E-state index is 0.228. The van der Waals surface area contributed by atoms with Crippen LogP contribution in [0.15, 0.2) is 0 Å². The van der Waals surface area contributed by atoms with E-state index in [4.69, 9.17) is 0 Å². The molecule has 2 atom stereocenters. The van der Waals surface area contributed by atoms with E-state index in [2.05, 4.69) is 19.3 Å². The Labute approximate surface area is 78.3 Å². The Morgan fingerprint density at radius 1 is 1.31 bits per heavy atom. The van der Waals surface area contributed by atoms with E-state index in [0.29, 0.717) is 12.1 Å². The number of nitrogens with zero attached hydrogens (tertiary/aromatic N) is 1. The van der Waals surface area contributed by atoms with E-state index in [1.807, 2.05) is 5.01 Å². The number of piperidine rings is 1. The van der Waals surface area contributed by atoms with E-state index in [-0.39, 0.29) is 6.54 Å². The van der Waals surface area contributed by atoms with Crippen molar-refractivity contribution in [2.24, 2.45) is 0 Å². The first-order chi connectivity index (χ1) is 6.11. The quantitative estimate of drug-likeness (QED) is 0.736. The second-order valence-electron chi connectivity index (χ2n) is 3.79. The van der Waals surface area contributed by atoms with Crippen molar-refractivity contribution in [3.05, 3.63) is 0 Å². The van der Waals surface area contributed by atoms with Gasteiger partial charge in [0.1, 0.15) is 0 Å². The number of halogens is 2. The monoisotopic (exact) mass is 192 g/mol. The van der Waals surface area contributed by atoms with Crippen LogP contribution in [-0.4, -0.2) is 30.1 Å². The van der Waals surface area contributed by atoms with E-state index in [0.717, 1.165) is 12.8 Å². The largest absolute Gasteiger partial charge is 0.252 e. The van der Waals surface area contributed by atoms with Crippen LogP contribution in [0.3, 0.4) is 0 Å². The van der Waals surface area contributed by atoms with Crippen molar-refractivity contribution in [1.82, 2.24) is 10.4 Å². The van der Waals surface area contributed by atoms with Gasteiger partial charge in [0.15, 0.2) is 0 Å². The molecule has 1 N–H and O–H groups in total. The first-order valence-corrected chi connectivity index (χ1v) is 4.91. The van der Waals surface area contributed by atoms with Gasteiger partial charge in [-0.2, -0.15) is 0 Å². The molecule has 0 radical (unpaired) electrons. The minimum Gasteiger partial charge on any atom is -0.249 e. The number of nitrogens with one attached hydrogen (secondary N) is 1. The lowest BCUT2D eigenvalue weighted by Crippen LogP contribution is -2.53. The lowest BCUT2D eigenvalue weighted by atomic mass is 10.00. The van der Waals surface area contributed by atoms with Gasteiger partial charge in [0.05, 0.1) is 6.54 Å². The maximum Gasteiger partial charge on any atom is 0.252 e. The van der Waals surface area contributed by atoms with Crippen molar-refractivity contribution in [1.29, 1.82) is 0 Å². The predicted molar refractivity (Wildman–Crippen MR) is 48.6 cm³/mol. The van der Waals surface area contributed by atoms with Gasteiger partial charge in [-0.1, -0.05) is 6.42 Å². The summed E-state index contributed by atoms with van der Waals surface area (Å²) in [5, 5.41) is 1.97. The van der Waals surface area contributed by atoms with Gasteiger partial charge in [0.2, 0.25) is 0 Å². The van der Waals surface area contributed by atoms with Gasteiger partial charge in [-0.25, -0.2) is 19.2 Å². The Morgan fingerprint density at radius 3 is 2.31 bits per heavy atom. The summed E-state index contributed by atoms with van der Waals surface area (Å²) in [7, 11) is 0. The molecule has 0 spiro atoms. The third-order valence-electron chi connectivity index (χ3n) is 2.62. The molecule has 1 fully saturated rings. The van der Waals surface area contributed by atoms with Gasteiger partial charge in [-0.05, 0) is 26.7 Å². The zero-order valence-electron chi connectivity index (χ0n) is 8.26. The van der Waals surface area contributed by atoms with Crippen LogP contribution in [0.4, 0.5) is 8.78 Å². The van der Waals surface area contributed by atoms with Crippen molar-refractivity contribution in [3.8, 4) is 0 Å². The second kappa shape index (κ2) is 4.86. The smallest absolute Gasteiger partial charge is 0.249 e. The van der Waals surface area contributed by atoms with Gasteiger partial charge in [0.25, 0.3) is 6.43 Å². The highest BCUT2D eigenvalue weighted by Gasteiger charge is 2.24. The first kappa shape index (κ1) is 10.9. The standard InChI is InChI=1S/C9H18F2N2/c1-7-4-3-5-8(2)13(7)12-6-9(10)11/h7-9,12H,3-6H2,1-2H3. The van der Waals surface area contributed by atoms with Crippen LogP contribution in [0.2, 0.25) is 0 Å². The molecule has 0 bridgehead atoms. The Bertz CT molecular complexity index is 143. The zero-order chi connectivity index (χ0) is 9.84. The average molecular weight is 192 g/mol. The van der Waals surface area contributed by atoms with Crippen LogP contribution < -0.4 is 5.43 Å². The summed E-state index contributed by atoms with van der Waals surface area (Å²) in [6.45, 7) is 3.93. The lowest BCUT2D eigenvalue weighted by molar-refractivity contribution is 0.0196. The summed E-state index contributed by atoms with van der Waals surface area (Å²) in [6.07, 6.45) is 1.14. The third-order valence-corrected chi connectivity index (χ3v) is 2.62. The Kier molecular flexibility index (Phi) is 4.06. The SMILES string of the molecule is CC1CCCC(C)N1NCC(F)F. The van der Waals surface area contributed by atoms with E-state index in [9.17, 15) is 8.78 Å². The Hall–Kier alpha value is -0.220. The van der Waals surface area contributed by atoms with Crippen molar-refractivity contribution in [2.45, 2.75) is 51.6 Å². The molecule has 1 aliphatic heterocycles. The van der Waals surface area contributed by atoms with E-state index >= 15 is 0 Å². The first-order valence-electron chi connectivity index (χ1n) is 4.91. The Morgan fingerprint density at radius 2 is 1.85 bits per heavy atom. The summed E-state index contributed by atoms with van der Waals surface area (Å²) in [4.78, 5) is 0. The number of hydrogen-bond donors (Lipinski definition) is 1. The van der Waals surface area contributed by atoms with Crippen LogP contribution in [0.1, 0.15) is 33.1 Å². The minimum atomic E-state index is -2.26. The van der Waals surface area contributed by atoms with Crippen LogP contribution in [-0.2, 0) is 0 Å². The predicted octanol–water partition coefficient (Wildman–Crippen LogP) is 2.02. The molecule has 2 nitrogen and oxygen atoms in total. The third kappa shape index (κ3) is 3.19. The van der Waals surface area contributed by atoms with Crippen molar-refractivity contribution in [3.63, 3.8) is 0 Å². The average Bonchev–Trinajstić information content (AvgIpc) is 2.03. The summed E-state index contributed by atoms with van der Waals surface area (Å²) in [6, 6.07) is 0.755. The molecule has 0 saturated carbocycles. The highest BCUT2D eigenvalue weighted by Crippen LogP contribution is 2.20. The molecule has 0 amide bonds. The maximum atomic E-state index is 12.0. The van der Waals surface area contributed by atoms with Crippen LogP contribution >= 0.6 is 0 Å². The molecule has 1 aliphatic rings. The van der Waals surface area contributed by atoms with Crippen molar-refractivity contribution >= 4 is 0 Å². The second-order valence-corrected chi connectivity index (χ2v) is 3.79. The topological polar surface area (TPSA) is 15.3 Å². The Balaban J connectivity index is 2.35. The molecular formula is C9H18F2N2. The molecule has 2 unspecified atom stereocenters. The van der Waals surface area contributed by atoms with E-state index < -0.39 is 6.43 Å². The molecule has 0 aromatic heterocycles. The lowest BCUT2D eigenvalue weighted by Gasteiger charge is -2.39. The van der Waals surface area contributed by atoms with Gasteiger partial charge in [-0.3, -0.25) is 0 Å². The summed E-state index contributed by atoms with van der Waals surface area (Å²) in [5.41, 5.74) is 2.80. The highest BCUT2D eigenvalue weighted by molar-refractivity contribution is 4.76. The number of alkyl halides is 2. The van der Waals surface area contributed by atoms with Crippen LogP contribution in [0, 0.1) is 0 Å². The molecule has 1 saturated heterocycles. The molecule has 0 aliphatic carbocycles. The summed E-state index contributed by atoms with van der Waals surface area (Å²) in [5.74, 6) is 0. The molecule has 1 rings (SSSR count). The summed E-state index contributed by atoms with van der Waals surface area (Å²) < 4.78 is 23.9. The fraction of sp³-hybridized carbons (Fsp3) is 1.00. The molecule has 1 heterocycles. The van der Waals surface area contributed by atoms with Gasteiger partial charge in [0, 0.05) is 12.1 Å². The van der Waals surface area contributed by atoms with Gasteiger partial charge in [-0.15, -0.1) is 0 Å². The summed E-state index contributed by atoms with van der Waals surface area (Å²) >= 11 is 0. The van der Waals surface area contributed by atoms with Crippen LogP contribution in [0.25, 0.3) is 0 Å². The zero-order valence-corrected chi connectivity index (χ0v) is 8.26.